The molecule has 154 valence electrons. The minimum Gasteiger partial charge on any atom is -0.493 e. The summed E-state index contributed by atoms with van der Waals surface area (Å²) < 4.78 is 17.7. The van der Waals surface area contributed by atoms with Gasteiger partial charge in [0.15, 0.2) is 11.5 Å². The van der Waals surface area contributed by atoms with E-state index in [4.69, 9.17) is 14.2 Å². The summed E-state index contributed by atoms with van der Waals surface area (Å²) in [5, 5.41) is 2.53. The summed E-state index contributed by atoms with van der Waals surface area (Å²) in [6.45, 7) is 3.17. The Kier molecular flexibility index (Phi) is 4.34. The van der Waals surface area contributed by atoms with Gasteiger partial charge in [-0.25, -0.2) is 0 Å². The monoisotopic (exact) mass is 408 g/mol. The minimum absolute atomic E-state index is 0.284. The average molecular weight is 408 g/mol. The summed E-state index contributed by atoms with van der Waals surface area (Å²) in [5.74, 6) is 2.86. The van der Waals surface area contributed by atoms with Crippen molar-refractivity contribution in [1.29, 1.82) is 0 Å². The fraction of sp³-hybridized carbons (Fsp3) is 0.214. The SMILES string of the molecule is Cc1ccc(Cc2ccc(Cc3ccc4ccccc4c3)c3c2OCO3)c2c1OCC2. The lowest BCUT2D eigenvalue weighted by Crippen LogP contribution is -1.98. The first-order valence-corrected chi connectivity index (χ1v) is 10.9. The molecule has 0 radical (unpaired) electrons. The predicted octanol–water partition coefficient (Wildman–Crippen LogP) is 5.99. The third-order valence-electron chi connectivity index (χ3n) is 6.42. The summed E-state index contributed by atoms with van der Waals surface area (Å²) in [6.07, 6.45) is 2.63. The van der Waals surface area contributed by atoms with Gasteiger partial charge < -0.3 is 14.2 Å². The summed E-state index contributed by atoms with van der Waals surface area (Å²) in [7, 11) is 0. The van der Waals surface area contributed by atoms with Crippen LogP contribution in [0.25, 0.3) is 10.8 Å². The number of hydrogen-bond acceptors (Lipinski definition) is 3. The van der Waals surface area contributed by atoms with Crippen LogP contribution in [0.15, 0.2) is 66.7 Å². The van der Waals surface area contributed by atoms with Gasteiger partial charge in [0.25, 0.3) is 0 Å². The van der Waals surface area contributed by atoms with E-state index in [2.05, 4.69) is 73.7 Å². The van der Waals surface area contributed by atoms with Crippen LogP contribution < -0.4 is 14.2 Å². The Balaban J connectivity index is 1.33. The third-order valence-corrected chi connectivity index (χ3v) is 6.42. The van der Waals surface area contributed by atoms with Crippen LogP contribution >= 0.6 is 0 Å². The molecule has 0 aromatic heterocycles. The summed E-state index contributed by atoms with van der Waals surface area (Å²) >= 11 is 0. The quantitative estimate of drug-likeness (QED) is 0.415. The van der Waals surface area contributed by atoms with Gasteiger partial charge in [-0.05, 0) is 34.4 Å². The van der Waals surface area contributed by atoms with Crippen LogP contribution in [0.4, 0.5) is 0 Å². The van der Waals surface area contributed by atoms with E-state index >= 15 is 0 Å². The van der Waals surface area contributed by atoms with Gasteiger partial charge in [-0.3, -0.25) is 0 Å². The van der Waals surface area contributed by atoms with Crippen molar-refractivity contribution in [3.8, 4) is 17.2 Å². The molecule has 0 fully saturated rings. The van der Waals surface area contributed by atoms with Crippen molar-refractivity contribution in [2.24, 2.45) is 0 Å². The maximum absolute atomic E-state index is 5.94. The molecular formula is C28H24O3. The number of ether oxygens (including phenoxy) is 3. The second kappa shape index (κ2) is 7.35. The number of aryl methyl sites for hydroxylation is 1. The van der Waals surface area contributed by atoms with Crippen LogP contribution in [0.5, 0.6) is 17.2 Å². The second-order valence-corrected chi connectivity index (χ2v) is 8.43. The molecule has 0 atom stereocenters. The van der Waals surface area contributed by atoms with Crippen LogP contribution in [0.2, 0.25) is 0 Å². The van der Waals surface area contributed by atoms with Crippen LogP contribution in [0.1, 0.15) is 33.4 Å². The summed E-state index contributed by atoms with van der Waals surface area (Å²) in [6, 6.07) is 23.9. The van der Waals surface area contributed by atoms with Crippen molar-refractivity contribution in [2.45, 2.75) is 26.2 Å². The van der Waals surface area contributed by atoms with Gasteiger partial charge >= 0.3 is 0 Å². The zero-order valence-electron chi connectivity index (χ0n) is 17.6. The molecule has 2 heterocycles. The highest BCUT2D eigenvalue weighted by atomic mass is 16.7. The van der Waals surface area contributed by atoms with Gasteiger partial charge in [0.1, 0.15) is 5.75 Å². The predicted molar refractivity (Wildman–Crippen MR) is 123 cm³/mol. The molecule has 0 amide bonds. The topological polar surface area (TPSA) is 27.7 Å². The molecule has 3 nitrogen and oxygen atoms in total. The van der Waals surface area contributed by atoms with E-state index in [0.29, 0.717) is 0 Å². The Morgan fingerprint density at radius 2 is 1.42 bits per heavy atom. The molecule has 0 unspecified atom stereocenters. The van der Waals surface area contributed by atoms with Gasteiger partial charge in [-0.1, -0.05) is 66.7 Å². The lowest BCUT2D eigenvalue weighted by molar-refractivity contribution is 0.172. The van der Waals surface area contributed by atoms with Crippen LogP contribution in [0.3, 0.4) is 0 Å². The van der Waals surface area contributed by atoms with E-state index in [0.717, 1.165) is 43.1 Å². The first kappa shape index (κ1) is 18.3. The number of rotatable bonds is 4. The zero-order valence-corrected chi connectivity index (χ0v) is 17.6. The molecular weight excluding hydrogens is 384 g/mol. The van der Waals surface area contributed by atoms with Crippen LogP contribution in [0, 0.1) is 6.92 Å². The first-order chi connectivity index (χ1) is 15.3. The average Bonchev–Trinajstić information content (AvgIpc) is 3.48. The molecule has 3 heteroatoms. The lowest BCUT2D eigenvalue weighted by Gasteiger charge is -2.13. The fourth-order valence-electron chi connectivity index (χ4n) is 4.84. The molecule has 4 aromatic rings. The van der Waals surface area contributed by atoms with Crippen LogP contribution in [-0.4, -0.2) is 13.4 Å². The van der Waals surface area contributed by atoms with Crippen molar-refractivity contribution in [2.75, 3.05) is 13.4 Å². The maximum Gasteiger partial charge on any atom is 0.231 e. The molecule has 0 saturated carbocycles. The third kappa shape index (κ3) is 3.21. The van der Waals surface area contributed by atoms with Crippen molar-refractivity contribution >= 4 is 10.8 Å². The van der Waals surface area contributed by atoms with E-state index in [1.807, 2.05) is 0 Å². The van der Waals surface area contributed by atoms with Gasteiger partial charge in [0.05, 0.1) is 6.61 Å². The molecule has 0 saturated heterocycles. The maximum atomic E-state index is 5.94. The standard InChI is InChI=1S/C28H24O3/c1-18-6-8-22(25-12-13-29-26(18)25)16-24-11-10-23(27-28(24)31-17-30-27)15-19-7-9-20-4-2-3-5-21(20)14-19/h2-11,14H,12-13,15-17H2,1H3. The molecule has 0 spiro atoms. The second-order valence-electron chi connectivity index (χ2n) is 8.43. The van der Waals surface area contributed by atoms with E-state index in [1.54, 1.807) is 0 Å². The Labute approximate surface area is 182 Å². The van der Waals surface area contributed by atoms with Crippen molar-refractivity contribution in [3.05, 3.63) is 100 Å². The van der Waals surface area contributed by atoms with Crippen LogP contribution in [-0.2, 0) is 19.3 Å². The molecule has 4 aromatic carbocycles. The number of benzene rings is 4. The molecule has 0 N–H and O–H groups in total. The van der Waals surface area contributed by atoms with Crippen molar-refractivity contribution in [1.82, 2.24) is 0 Å². The van der Waals surface area contributed by atoms with Crippen molar-refractivity contribution in [3.63, 3.8) is 0 Å². The Bertz CT molecular complexity index is 1310. The van der Waals surface area contributed by atoms with Gasteiger partial charge in [-0.15, -0.1) is 0 Å². The molecule has 2 aliphatic heterocycles. The molecule has 31 heavy (non-hydrogen) atoms. The number of hydrogen-bond donors (Lipinski definition) is 0. The zero-order chi connectivity index (χ0) is 20.8. The Morgan fingerprint density at radius 1 is 0.677 bits per heavy atom. The normalized spacial score (nSPS) is 14.0. The minimum atomic E-state index is 0.284. The highest BCUT2D eigenvalue weighted by molar-refractivity contribution is 5.83. The van der Waals surface area contributed by atoms with E-state index in [1.165, 1.54) is 44.2 Å². The van der Waals surface area contributed by atoms with E-state index in [-0.39, 0.29) is 6.79 Å². The van der Waals surface area contributed by atoms with Gasteiger partial charge in [0.2, 0.25) is 6.79 Å². The van der Waals surface area contributed by atoms with Gasteiger partial charge in [0, 0.05) is 36.0 Å². The van der Waals surface area contributed by atoms with E-state index < -0.39 is 0 Å². The largest absolute Gasteiger partial charge is 0.493 e. The lowest BCUT2D eigenvalue weighted by atomic mass is 9.94. The number of fused-ring (bicyclic) bond motifs is 3. The molecule has 2 aliphatic rings. The molecule has 0 bridgehead atoms. The summed E-state index contributed by atoms with van der Waals surface area (Å²) in [4.78, 5) is 0. The highest BCUT2D eigenvalue weighted by Crippen LogP contribution is 2.42. The summed E-state index contributed by atoms with van der Waals surface area (Å²) in [5.41, 5.74) is 7.49. The fourth-order valence-corrected chi connectivity index (χ4v) is 4.84. The Hall–Kier alpha value is -3.46. The molecule has 6 rings (SSSR count). The van der Waals surface area contributed by atoms with E-state index in [9.17, 15) is 0 Å². The smallest absolute Gasteiger partial charge is 0.231 e. The van der Waals surface area contributed by atoms with Crippen molar-refractivity contribution < 1.29 is 14.2 Å². The van der Waals surface area contributed by atoms with Gasteiger partial charge in [-0.2, -0.15) is 0 Å². The Morgan fingerprint density at radius 3 is 2.26 bits per heavy atom. The first-order valence-electron chi connectivity index (χ1n) is 10.9. The molecule has 0 aliphatic carbocycles. The highest BCUT2D eigenvalue weighted by Gasteiger charge is 2.24.